The van der Waals surface area contributed by atoms with E-state index in [9.17, 15) is 0 Å². The maximum atomic E-state index is 6.27. The van der Waals surface area contributed by atoms with E-state index in [1.807, 2.05) is 25.6 Å². The number of hydrogen-bond acceptors (Lipinski definition) is 2. The van der Waals surface area contributed by atoms with Crippen LogP contribution < -0.4 is 0 Å². The molecule has 2 heterocycles. The van der Waals surface area contributed by atoms with Crippen LogP contribution in [0.5, 0.6) is 0 Å². The lowest BCUT2D eigenvalue weighted by Crippen LogP contribution is -2.20. The molecule has 1 atom stereocenters. The third-order valence-corrected chi connectivity index (χ3v) is 4.14. The van der Waals surface area contributed by atoms with Crippen LogP contribution in [0.1, 0.15) is 43.1 Å². The van der Waals surface area contributed by atoms with Gasteiger partial charge in [-0.3, -0.25) is 4.68 Å². The number of imidazole rings is 1. The first-order valence-electron chi connectivity index (χ1n) is 6.61. The van der Waals surface area contributed by atoms with Gasteiger partial charge in [0.15, 0.2) is 5.65 Å². The molecule has 0 spiro atoms. The van der Waals surface area contributed by atoms with Gasteiger partial charge >= 0.3 is 0 Å². The molecule has 4 nitrogen and oxygen atoms in total. The summed E-state index contributed by atoms with van der Waals surface area (Å²) in [5.74, 6) is 1.77. The summed E-state index contributed by atoms with van der Waals surface area (Å²) >= 11 is 6.27. The van der Waals surface area contributed by atoms with Gasteiger partial charge in [0.2, 0.25) is 0 Å². The number of hydrogen-bond donors (Lipinski definition) is 0. The van der Waals surface area contributed by atoms with Crippen molar-refractivity contribution in [2.75, 3.05) is 0 Å². The summed E-state index contributed by atoms with van der Waals surface area (Å²) in [5.41, 5.74) is 3.10. The van der Waals surface area contributed by atoms with Crippen molar-refractivity contribution in [2.45, 2.75) is 45.0 Å². The molecule has 1 aliphatic rings. The zero-order valence-corrected chi connectivity index (χ0v) is 11.9. The van der Waals surface area contributed by atoms with Crippen LogP contribution in [0.4, 0.5) is 0 Å². The molecule has 2 aromatic rings. The maximum Gasteiger partial charge on any atom is 0.158 e. The fraction of sp³-hybridized carbons (Fsp3) is 0.692. The van der Waals surface area contributed by atoms with Gasteiger partial charge in [0.1, 0.15) is 11.3 Å². The van der Waals surface area contributed by atoms with Crippen LogP contribution in [-0.4, -0.2) is 19.3 Å². The highest BCUT2D eigenvalue weighted by molar-refractivity contribution is 6.20. The number of alkyl halides is 1. The van der Waals surface area contributed by atoms with Crippen LogP contribution in [0.15, 0.2) is 0 Å². The Bertz CT molecular complexity index is 577. The van der Waals surface area contributed by atoms with Crippen molar-refractivity contribution in [3.05, 3.63) is 11.5 Å². The van der Waals surface area contributed by atoms with E-state index in [0.29, 0.717) is 0 Å². The third kappa shape index (κ3) is 1.74. The summed E-state index contributed by atoms with van der Waals surface area (Å²) < 4.78 is 4.20. The standard InChI is InChI=1S/C13H19ClN4/c1-8(14)12-15-11-9(2)16-17(3)13(11)18(12)7-10-5-4-6-10/h8,10H,4-7H2,1-3H3. The highest BCUT2D eigenvalue weighted by Crippen LogP contribution is 2.32. The molecular weight excluding hydrogens is 248 g/mol. The zero-order chi connectivity index (χ0) is 12.9. The van der Waals surface area contributed by atoms with Crippen LogP contribution in [0.25, 0.3) is 11.2 Å². The predicted molar refractivity (Wildman–Crippen MR) is 72.8 cm³/mol. The van der Waals surface area contributed by atoms with Gasteiger partial charge in [-0.05, 0) is 32.6 Å². The van der Waals surface area contributed by atoms with Crippen LogP contribution in [-0.2, 0) is 13.6 Å². The maximum absolute atomic E-state index is 6.27. The molecular formula is C13H19ClN4. The highest BCUT2D eigenvalue weighted by atomic mass is 35.5. The number of fused-ring (bicyclic) bond motifs is 1. The van der Waals surface area contributed by atoms with E-state index in [1.165, 1.54) is 19.3 Å². The molecule has 18 heavy (non-hydrogen) atoms. The molecule has 0 saturated heterocycles. The highest BCUT2D eigenvalue weighted by Gasteiger charge is 2.24. The molecule has 0 N–H and O–H groups in total. The van der Waals surface area contributed by atoms with Crippen LogP contribution in [0.3, 0.4) is 0 Å². The molecule has 0 bridgehead atoms. The first-order valence-corrected chi connectivity index (χ1v) is 7.05. The van der Waals surface area contributed by atoms with Crippen molar-refractivity contribution in [1.29, 1.82) is 0 Å². The quantitative estimate of drug-likeness (QED) is 0.800. The lowest BCUT2D eigenvalue weighted by atomic mass is 9.85. The molecule has 0 aliphatic heterocycles. The molecule has 0 amide bonds. The van der Waals surface area contributed by atoms with Gasteiger partial charge in [-0.1, -0.05) is 6.42 Å². The lowest BCUT2D eigenvalue weighted by molar-refractivity contribution is 0.275. The molecule has 2 aromatic heterocycles. The number of rotatable bonds is 3. The summed E-state index contributed by atoms with van der Waals surface area (Å²) in [6.07, 6.45) is 4.01. The Kier molecular flexibility index (Phi) is 2.85. The molecule has 5 heteroatoms. The van der Waals surface area contributed by atoms with Crippen molar-refractivity contribution in [3.8, 4) is 0 Å². The van der Waals surface area contributed by atoms with Crippen LogP contribution in [0, 0.1) is 12.8 Å². The molecule has 1 fully saturated rings. The Labute approximate surface area is 112 Å². The summed E-state index contributed by atoms with van der Waals surface area (Å²) in [7, 11) is 1.98. The Morgan fingerprint density at radius 2 is 2.17 bits per heavy atom. The largest absolute Gasteiger partial charge is 0.311 e. The van der Waals surface area contributed by atoms with Gasteiger partial charge in [-0.2, -0.15) is 5.10 Å². The van der Waals surface area contributed by atoms with Crippen molar-refractivity contribution >= 4 is 22.8 Å². The number of halogens is 1. The Balaban J connectivity index is 2.13. The zero-order valence-electron chi connectivity index (χ0n) is 11.1. The number of aromatic nitrogens is 4. The van der Waals surface area contributed by atoms with Gasteiger partial charge in [0, 0.05) is 13.6 Å². The van der Waals surface area contributed by atoms with Gasteiger partial charge in [-0.25, -0.2) is 4.98 Å². The fourth-order valence-electron chi connectivity index (χ4n) is 2.77. The van der Waals surface area contributed by atoms with Gasteiger partial charge in [-0.15, -0.1) is 11.6 Å². The van der Waals surface area contributed by atoms with E-state index in [2.05, 4.69) is 9.67 Å². The van der Waals surface area contributed by atoms with E-state index in [0.717, 1.165) is 35.1 Å². The van der Waals surface area contributed by atoms with E-state index < -0.39 is 0 Å². The third-order valence-electron chi connectivity index (χ3n) is 3.94. The molecule has 0 aromatic carbocycles. The molecule has 1 aliphatic carbocycles. The molecule has 1 saturated carbocycles. The van der Waals surface area contributed by atoms with Gasteiger partial charge < -0.3 is 4.57 Å². The summed E-state index contributed by atoms with van der Waals surface area (Å²) in [5, 5.41) is 4.39. The van der Waals surface area contributed by atoms with Gasteiger partial charge in [0.25, 0.3) is 0 Å². The first-order chi connectivity index (χ1) is 8.58. The number of nitrogens with zero attached hydrogens (tertiary/aromatic N) is 4. The van der Waals surface area contributed by atoms with Crippen molar-refractivity contribution in [2.24, 2.45) is 13.0 Å². The minimum atomic E-state index is -0.0584. The predicted octanol–water partition coefficient (Wildman–Crippen LogP) is 3.18. The van der Waals surface area contributed by atoms with Crippen molar-refractivity contribution in [1.82, 2.24) is 19.3 Å². The minimum Gasteiger partial charge on any atom is -0.311 e. The van der Waals surface area contributed by atoms with E-state index in [-0.39, 0.29) is 5.38 Å². The first kappa shape index (κ1) is 12.0. The second kappa shape index (κ2) is 4.26. The van der Waals surface area contributed by atoms with Crippen LogP contribution >= 0.6 is 11.6 Å². The van der Waals surface area contributed by atoms with Gasteiger partial charge in [0.05, 0.1) is 11.1 Å². The smallest absolute Gasteiger partial charge is 0.158 e. The molecule has 1 unspecified atom stereocenters. The average molecular weight is 267 g/mol. The van der Waals surface area contributed by atoms with Crippen molar-refractivity contribution in [3.63, 3.8) is 0 Å². The summed E-state index contributed by atoms with van der Waals surface area (Å²) in [4.78, 5) is 4.69. The summed E-state index contributed by atoms with van der Waals surface area (Å²) in [6, 6.07) is 0. The van der Waals surface area contributed by atoms with E-state index in [1.54, 1.807) is 0 Å². The molecule has 0 radical (unpaired) electrons. The van der Waals surface area contributed by atoms with E-state index >= 15 is 0 Å². The monoisotopic (exact) mass is 266 g/mol. The van der Waals surface area contributed by atoms with Crippen LogP contribution in [0.2, 0.25) is 0 Å². The lowest BCUT2D eigenvalue weighted by Gasteiger charge is -2.26. The fourth-order valence-corrected chi connectivity index (χ4v) is 2.94. The Hall–Kier alpha value is -1.03. The Morgan fingerprint density at radius 3 is 2.72 bits per heavy atom. The second-order valence-electron chi connectivity index (χ2n) is 5.37. The Morgan fingerprint density at radius 1 is 1.44 bits per heavy atom. The number of aryl methyl sites for hydroxylation is 2. The topological polar surface area (TPSA) is 35.6 Å². The average Bonchev–Trinajstić information content (AvgIpc) is 2.73. The normalized spacial score (nSPS) is 18.2. The molecule has 3 rings (SSSR count). The SMILES string of the molecule is Cc1nn(C)c2c1nc(C(C)Cl)n2CC1CCC1. The molecule has 98 valence electrons. The second-order valence-corrected chi connectivity index (χ2v) is 6.03. The summed E-state index contributed by atoms with van der Waals surface area (Å²) in [6.45, 7) is 5.02. The van der Waals surface area contributed by atoms with E-state index in [4.69, 9.17) is 16.6 Å². The minimum absolute atomic E-state index is 0.0584. The van der Waals surface area contributed by atoms with Crippen molar-refractivity contribution < 1.29 is 0 Å².